The third kappa shape index (κ3) is 3.58. The maximum absolute atomic E-state index is 12.0. The van der Waals surface area contributed by atoms with Crippen molar-refractivity contribution in [1.82, 2.24) is 0 Å². The van der Waals surface area contributed by atoms with Crippen LogP contribution in [0.25, 0.3) is 0 Å². The first-order valence-electron chi connectivity index (χ1n) is 2.98. The molecule has 84 valence electrons. The Hall–Kier alpha value is -0.700. The standard InChI is InChI=1S/C5H5F5O3S/c1-2-14(11,12)13-3-4(6,7)5(8,9)10/h2H,1,3H2. The normalized spacial score (nSPS) is 14.1. The Morgan fingerprint density at radius 1 is 1.21 bits per heavy atom. The van der Waals surface area contributed by atoms with Crippen molar-refractivity contribution in [1.29, 1.82) is 0 Å². The molecule has 0 saturated heterocycles. The van der Waals surface area contributed by atoms with Gasteiger partial charge in [0.05, 0.1) is 5.41 Å². The van der Waals surface area contributed by atoms with Crippen molar-refractivity contribution < 1.29 is 34.6 Å². The van der Waals surface area contributed by atoms with Crippen molar-refractivity contribution in [3.8, 4) is 0 Å². The summed E-state index contributed by atoms with van der Waals surface area (Å²) in [7, 11) is -4.53. The first-order chi connectivity index (χ1) is 6.02. The number of hydrogen-bond acceptors (Lipinski definition) is 3. The fourth-order valence-corrected chi connectivity index (χ4v) is 0.695. The van der Waals surface area contributed by atoms with E-state index < -0.39 is 28.8 Å². The van der Waals surface area contributed by atoms with Crippen molar-refractivity contribution in [3.05, 3.63) is 12.0 Å². The second-order valence-corrected chi connectivity index (χ2v) is 3.68. The van der Waals surface area contributed by atoms with Gasteiger partial charge in [0.2, 0.25) is 0 Å². The lowest BCUT2D eigenvalue weighted by Gasteiger charge is -2.18. The molecule has 0 rings (SSSR count). The zero-order chi connectivity index (χ0) is 11.6. The van der Waals surface area contributed by atoms with Crippen molar-refractivity contribution in [2.75, 3.05) is 6.61 Å². The first-order valence-corrected chi connectivity index (χ1v) is 4.45. The largest absolute Gasteiger partial charge is 0.455 e. The first kappa shape index (κ1) is 13.3. The highest BCUT2D eigenvalue weighted by molar-refractivity contribution is 7.89. The Morgan fingerprint density at radius 2 is 1.64 bits per heavy atom. The van der Waals surface area contributed by atoms with Gasteiger partial charge in [0.15, 0.2) is 0 Å². The highest BCUT2D eigenvalue weighted by atomic mass is 32.2. The van der Waals surface area contributed by atoms with Gasteiger partial charge in [-0.05, 0) is 0 Å². The molecule has 0 atom stereocenters. The Bertz CT molecular complexity index is 304. The molecule has 0 aliphatic rings. The molecule has 0 bridgehead atoms. The van der Waals surface area contributed by atoms with Crippen LogP contribution in [0, 0.1) is 0 Å². The maximum atomic E-state index is 12.0. The van der Waals surface area contributed by atoms with Gasteiger partial charge in [-0.15, -0.1) is 0 Å². The molecule has 0 aliphatic heterocycles. The summed E-state index contributed by atoms with van der Waals surface area (Å²) in [5.41, 5.74) is 0. The molecule has 0 aromatic heterocycles. The molecule has 0 aromatic rings. The lowest BCUT2D eigenvalue weighted by Crippen LogP contribution is -2.41. The van der Waals surface area contributed by atoms with Crippen LogP contribution < -0.4 is 0 Å². The van der Waals surface area contributed by atoms with Crippen LogP contribution in [0.15, 0.2) is 12.0 Å². The average Bonchev–Trinajstić information content (AvgIpc) is 1.99. The molecule has 14 heavy (non-hydrogen) atoms. The molecule has 0 unspecified atom stereocenters. The molecule has 0 heterocycles. The van der Waals surface area contributed by atoms with Crippen LogP contribution in [-0.4, -0.2) is 27.1 Å². The van der Waals surface area contributed by atoms with E-state index in [1.807, 2.05) is 0 Å². The third-order valence-corrected chi connectivity index (χ3v) is 1.88. The van der Waals surface area contributed by atoms with Gasteiger partial charge < -0.3 is 0 Å². The summed E-state index contributed by atoms with van der Waals surface area (Å²) in [6, 6.07) is 0. The van der Waals surface area contributed by atoms with Gasteiger partial charge in [-0.2, -0.15) is 30.4 Å². The van der Waals surface area contributed by atoms with Crippen LogP contribution in [0.3, 0.4) is 0 Å². The summed E-state index contributed by atoms with van der Waals surface area (Å²) >= 11 is 0. The van der Waals surface area contributed by atoms with Crippen molar-refractivity contribution in [2.24, 2.45) is 0 Å². The Morgan fingerprint density at radius 3 is 1.93 bits per heavy atom. The van der Waals surface area contributed by atoms with E-state index in [0.29, 0.717) is 0 Å². The van der Waals surface area contributed by atoms with Gasteiger partial charge >= 0.3 is 12.1 Å². The molecular formula is C5H5F5O3S. The van der Waals surface area contributed by atoms with Crippen LogP contribution in [0.2, 0.25) is 0 Å². The van der Waals surface area contributed by atoms with E-state index in [2.05, 4.69) is 10.8 Å². The van der Waals surface area contributed by atoms with Gasteiger partial charge in [-0.3, -0.25) is 4.18 Å². The minimum Gasteiger partial charge on any atom is -0.260 e. The lowest BCUT2D eigenvalue weighted by molar-refractivity contribution is -0.289. The van der Waals surface area contributed by atoms with E-state index in [-0.39, 0.29) is 5.41 Å². The molecule has 0 radical (unpaired) electrons. The molecule has 0 aliphatic carbocycles. The van der Waals surface area contributed by atoms with Crippen LogP contribution in [-0.2, 0) is 14.3 Å². The molecule has 0 saturated carbocycles. The number of halogens is 5. The zero-order valence-electron chi connectivity index (χ0n) is 6.51. The predicted molar refractivity (Wildman–Crippen MR) is 36.1 cm³/mol. The maximum Gasteiger partial charge on any atom is 0.455 e. The Kier molecular flexibility index (Phi) is 3.62. The van der Waals surface area contributed by atoms with E-state index in [0.717, 1.165) is 0 Å². The minimum absolute atomic E-state index is 0.124. The smallest absolute Gasteiger partial charge is 0.260 e. The van der Waals surface area contributed by atoms with Crippen LogP contribution in [0.1, 0.15) is 0 Å². The van der Waals surface area contributed by atoms with E-state index in [9.17, 15) is 30.4 Å². The van der Waals surface area contributed by atoms with Gasteiger partial charge in [0.25, 0.3) is 10.1 Å². The van der Waals surface area contributed by atoms with Crippen LogP contribution in [0.5, 0.6) is 0 Å². The van der Waals surface area contributed by atoms with Gasteiger partial charge in [-0.1, -0.05) is 6.58 Å². The Labute approximate surface area is 76.3 Å². The summed E-state index contributed by atoms with van der Waals surface area (Å²) in [6.45, 7) is 0.369. The molecule has 0 N–H and O–H groups in total. The van der Waals surface area contributed by atoms with Crippen molar-refractivity contribution in [3.63, 3.8) is 0 Å². The number of alkyl halides is 5. The molecule has 0 spiro atoms. The third-order valence-electron chi connectivity index (χ3n) is 1.02. The van der Waals surface area contributed by atoms with Crippen LogP contribution in [0.4, 0.5) is 22.0 Å². The second kappa shape index (κ2) is 3.81. The summed E-state index contributed by atoms with van der Waals surface area (Å²) in [6.07, 6.45) is -5.84. The van der Waals surface area contributed by atoms with Crippen molar-refractivity contribution >= 4 is 10.1 Å². The molecule has 3 nitrogen and oxygen atoms in total. The zero-order valence-corrected chi connectivity index (χ0v) is 7.33. The van der Waals surface area contributed by atoms with Crippen LogP contribution >= 0.6 is 0 Å². The molecule has 0 fully saturated rings. The highest BCUT2D eigenvalue weighted by Crippen LogP contribution is 2.35. The second-order valence-electron chi connectivity index (χ2n) is 2.12. The number of hydrogen-bond donors (Lipinski definition) is 0. The molecule has 9 heteroatoms. The molecular weight excluding hydrogens is 235 g/mol. The van der Waals surface area contributed by atoms with Crippen molar-refractivity contribution in [2.45, 2.75) is 12.1 Å². The SMILES string of the molecule is C=CS(=O)(=O)OCC(F)(F)C(F)(F)F. The monoisotopic (exact) mass is 240 g/mol. The van der Waals surface area contributed by atoms with E-state index >= 15 is 0 Å². The Balaban J connectivity index is 4.49. The van der Waals surface area contributed by atoms with Gasteiger partial charge in [0.1, 0.15) is 6.61 Å². The van der Waals surface area contributed by atoms with Gasteiger partial charge in [0, 0.05) is 0 Å². The fraction of sp³-hybridized carbons (Fsp3) is 0.600. The summed E-state index contributed by atoms with van der Waals surface area (Å²) < 4.78 is 82.5. The minimum atomic E-state index is -5.84. The van der Waals surface area contributed by atoms with E-state index in [4.69, 9.17) is 0 Å². The predicted octanol–water partition coefficient (Wildman–Crippen LogP) is 1.67. The van der Waals surface area contributed by atoms with E-state index in [1.165, 1.54) is 0 Å². The quantitative estimate of drug-likeness (QED) is 0.554. The fourth-order valence-electron chi connectivity index (χ4n) is 0.286. The summed E-state index contributed by atoms with van der Waals surface area (Å²) in [4.78, 5) is 0. The highest BCUT2D eigenvalue weighted by Gasteiger charge is 2.58. The average molecular weight is 240 g/mol. The number of rotatable bonds is 4. The topological polar surface area (TPSA) is 43.4 Å². The molecule has 0 amide bonds. The molecule has 0 aromatic carbocycles. The van der Waals surface area contributed by atoms with E-state index in [1.54, 1.807) is 0 Å². The lowest BCUT2D eigenvalue weighted by atomic mass is 10.3. The summed E-state index contributed by atoms with van der Waals surface area (Å²) in [5, 5.41) is 0.124. The van der Waals surface area contributed by atoms with Gasteiger partial charge in [-0.25, -0.2) is 0 Å². The summed E-state index contributed by atoms with van der Waals surface area (Å²) in [5.74, 6) is -5.21.